The Labute approximate surface area is 172 Å². The van der Waals surface area contributed by atoms with E-state index in [2.05, 4.69) is 4.98 Å². The average Bonchev–Trinajstić information content (AvgIpc) is 3.28. The number of nitrogens with one attached hydrogen (secondary N) is 1. The van der Waals surface area contributed by atoms with Gasteiger partial charge in [0.05, 0.1) is 34.5 Å². The van der Waals surface area contributed by atoms with E-state index in [0.717, 1.165) is 23.1 Å². The molecule has 29 heavy (non-hydrogen) atoms. The molecule has 0 amide bonds. The minimum Gasteiger partial charge on any atom is -0.510 e. The number of esters is 1. The minimum atomic E-state index is -0.380. The smallest absolute Gasteiger partial charge is 0.338 e. The molecular formula is C22H21N3O3S. The van der Waals surface area contributed by atoms with Crippen molar-refractivity contribution in [1.29, 1.82) is 5.41 Å². The molecule has 2 aromatic carbocycles. The highest BCUT2D eigenvalue weighted by atomic mass is 32.1. The number of aliphatic hydroxyl groups excluding tert-OH is 1. The van der Waals surface area contributed by atoms with Crippen LogP contribution in [0.25, 0.3) is 15.8 Å². The first-order valence-corrected chi connectivity index (χ1v) is 10.3. The molecule has 0 bridgehead atoms. The molecule has 148 valence electrons. The van der Waals surface area contributed by atoms with Crippen LogP contribution >= 0.6 is 11.3 Å². The topological polar surface area (TPSA) is 86.5 Å². The normalized spacial score (nSPS) is 14.1. The first-order valence-electron chi connectivity index (χ1n) is 9.50. The summed E-state index contributed by atoms with van der Waals surface area (Å²) in [5.41, 5.74) is 2.36. The maximum absolute atomic E-state index is 12.3. The molecule has 7 heteroatoms. The van der Waals surface area contributed by atoms with E-state index in [9.17, 15) is 9.90 Å². The standard InChI is InChI=1S/C22H21N3O3S/c1-2-3-11-28-22(27)14-7-6-8-15(12-14)25-13-17(26)19(20(25)23)21-24-16-9-4-5-10-18(16)29-21/h4-10,12,23,26H,2-3,11,13H2,1H3. The number of hydrogen-bond donors (Lipinski definition) is 2. The maximum Gasteiger partial charge on any atom is 0.338 e. The number of anilines is 1. The summed E-state index contributed by atoms with van der Waals surface area (Å²) in [5, 5.41) is 19.8. The molecule has 4 rings (SSSR count). The van der Waals surface area contributed by atoms with Gasteiger partial charge in [-0.05, 0) is 36.8 Å². The number of ether oxygens (including phenoxy) is 1. The lowest BCUT2D eigenvalue weighted by Gasteiger charge is -2.19. The number of rotatable bonds is 6. The molecule has 0 saturated heterocycles. The maximum atomic E-state index is 12.3. The third-order valence-corrected chi connectivity index (χ3v) is 5.79. The van der Waals surface area contributed by atoms with Crippen LogP contribution in [-0.2, 0) is 4.74 Å². The van der Waals surface area contributed by atoms with Crippen molar-refractivity contribution >= 4 is 44.6 Å². The van der Waals surface area contributed by atoms with Gasteiger partial charge in [-0.15, -0.1) is 11.3 Å². The van der Waals surface area contributed by atoms with E-state index in [1.807, 2.05) is 37.3 Å². The number of unbranched alkanes of at least 4 members (excludes halogenated alkanes) is 1. The van der Waals surface area contributed by atoms with Gasteiger partial charge in [-0.3, -0.25) is 5.41 Å². The fourth-order valence-electron chi connectivity index (χ4n) is 3.20. The van der Waals surface area contributed by atoms with Crippen LogP contribution in [0.3, 0.4) is 0 Å². The van der Waals surface area contributed by atoms with E-state index in [-0.39, 0.29) is 24.1 Å². The van der Waals surface area contributed by atoms with Crippen molar-refractivity contribution in [1.82, 2.24) is 4.98 Å². The second-order valence-electron chi connectivity index (χ2n) is 6.78. The molecule has 0 saturated carbocycles. The Morgan fingerprint density at radius 3 is 2.90 bits per heavy atom. The van der Waals surface area contributed by atoms with Gasteiger partial charge in [0.2, 0.25) is 0 Å². The average molecular weight is 407 g/mol. The Morgan fingerprint density at radius 2 is 2.10 bits per heavy atom. The fraction of sp³-hybridized carbons (Fsp3) is 0.227. The summed E-state index contributed by atoms with van der Waals surface area (Å²) < 4.78 is 6.28. The van der Waals surface area contributed by atoms with Crippen LogP contribution in [0.5, 0.6) is 0 Å². The van der Waals surface area contributed by atoms with Gasteiger partial charge in [0.1, 0.15) is 16.6 Å². The van der Waals surface area contributed by atoms with E-state index in [4.69, 9.17) is 10.1 Å². The fourth-order valence-corrected chi connectivity index (χ4v) is 4.23. The number of para-hydroxylation sites is 1. The molecule has 3 aromatic rings. The quantitative estimate of drug-likeness (QED) is 0.443. The molecule has 0 atom stereocenters. The van der Waals surface area contributed by atoms with Crippen LogP contribution in [0.1, 0.15) is 35.1 Å². The highest BCUT2D eigenvalue weighted by Crippen LogP contribution is 2.35. The predicted molar refractivity (Wildman–Crippen MR) is 116 cm³/mol. The van der Waals surface area contributed by atoms with E-state index in [1.54, 1.807) is 23.1 Å². The van der Waals surface area contributed by atoms with Crippen molar-refractivity contribution in [3.63, 3.8) is 0 Å². The lowest BCUT2D eigenvalue weighted by Crippen LogP contribution is -2.26. The molecule has 2 N–H and O–H groups in total. The number of fused-ring (bicyclic) bond motifs is 1. The number of aliphatic hydroxyl groups is 1. The summed E-state index contributed by atoms with van der Waals surface area (Å²) >= 11 is 1.45. The van der Waals surface area contributed by atoms with Gasteiger partial charge in [0, 0.05) is 5.69 Å². The van der Waals surface area contributed by atoms with Gasteiger partial charge in [-0.25, -0.2) is 9.78 Å². The van der Waals surface area contributed by atoms with Crippen LogP contribution < -0.4 is 4.90 Å². The third kappa shape index (κ3) is 3.73. The summed E-state index contributed by atoms with van der Waals surface area (Å²) in [5.74, 6) is -0.113. The molecular weight excluding hydrogens is 386 g/mol. The highest BCUT2D eigenvalue weighted by molar-refractivity contribution is 7.19. The third-order valence-electron chi connectivity index (χ3n) is 4.74. The molecule has 0 fully saturated rings. The molecule has 1 aliphatic heterocycles. The van der Waals surface area contributed by atoms with E-state index in [0.29, 0.717) is 28.4 Å². The van der Waals surface area contributed by atoms with Crippen molar-refractivity contribution < 1.29 is 14.6 Å². The molecule has 1 aliphatic rings. The van der Waals surface area contributed by atoms with E-state index in [1.165, 1.54) is 11.3 Å². The van der Waals surface area contributed by atoms with Crippen molar-refractivity contribution in [3.05, 3.63) is 64.9 Å². The summed E-state index contributed by atoms with van der Waals surface area (Å²) in [7, 11) is 0. The number of amidine groups is 1. The molecule has 0 aliphatic carbocycles. The minimum absolute atomic E-state index is 0.102. The number of benzene rings is 2. The predicted octanol–water partition coefficient (Wildman–Crippen LogP) is 5.02. The number of thiazole rings is 1. The summed E-state index contributed by atoms with van der Waals surface area (Å²) in [6, 6.07) is 14.7. The van der Waals surface area contributed by atoms with Crippen molar-refractivity contribution in [2.75, 3.05) is 18.1 Å². The first-order chi connectivity index (χ1) is 14.1. The Morgan fingerprint density at radius 1 is 1.28 bits per heavy atom. The number of nitrogens with zero attached hydrogens (tertiary/aromatic N) is 2. The number of hydrogen-bond acceptors (Lipinski definition) is 6. The first kappa shape index (κ1) is 19.1. The lowest BCUT2D eigenvalue weighted by molar-refractivity contribution is 0.0500. The molecule has 0 radical (unpaired) electrons. The number of carbonyl (C=O) groups is 1. The van der Waals surface area contributed by atoms with Gasteiger partial charge in [0.25, 0.3) is 0 Å². The lowest BCUT2D eigenvalue weighted by atomic mass is 10.2. The van der Waals surface area contributed by atoms with Crippen LogP contribution in [0.15, 0.2) is 54.3 Å². The Balaban J connectivity index is 1.58. The van der Waals surface area contributed by atoms with Crippen molar-refractivity contribution in [2.45, 2.75) is 19.8 Å². The molecule has 0 unspecified atom stereocenters. The Bertz CT molecular complexity index is 1090. The van der Waals surface area contributed by atoms with Crippen LogP contribution in [-0.4, -0.2) is 35.0 Å². The van der Waals surface area contributed by atoms with Crippen LogP contribution in [0.2, 0.25) is 0 Å². The number of aromatic nitrogens is 1. The SMILES string of the molecule is CCCCOC(=O)c1cccc(N2CC(O)=C(c3nc4ccccc4s3)C2=N)c1. The van der Waals surface area contributed by atoms with Gasteiger partial charge in [0.15, 0.2) is 0 Å². The number of carbonyl (C=O) groups excluding carboxylic acids is 1. The molecule has 1 aromatic heterocycles. The molecule has 6 nitrogen and oxygen atoms in total. The van der Waals surface area contributed by atoms with Gasteiger partial charge >= 0.3 is 5.97 Å². The second-order valence-corrected chi connectivity index (χ2v) is 7.81. The van der Waals surface area contributed by atoms with E-state index >= 15 is 0 Å². The van der Waals surface area contributed by atoms with Crippen molar-refractivity contribution in [3.8, 4) is 0 Å². The van der Waals surface area contributed by atoms with Gasteiger partial charge in [-0.1, -0.05) is 31.5 Å². The van der Waals surface area contributed by atoms with Crippen LogP contribution in [0.4, 0.5) is 5.69 Å². The second kappa shape index (κ2) is 8.05. The highest BCUT2D eigenvalue weighted by Gasteiger charge is 2.31. The Kier molecular flexibility index (Phi) is 5.31. The van der Waals surface area contributed by atoms with E-state index < -0.39 is 0 Å². The summed E-state index contributed by atoms with van der Waals surface area (Å²) in [6.07, 6.45) is 1.78. The van der Waals surface area contributed by atoms with Crippen LogP contribution in [0, 0.1) is 5.41 Å². The Hall–Kier alpha value is -3.19. The summed E-state index contributed by atoms with van der Waals surface area (Å²) in [4.78, 5) is 18.5. The molecule has 2 heterocycles. The largest absolute Gasteiger partial charge is 0.510 e. The van der Waals surface area contributed by atoms with Gasteiger partial charge in [-0.2, -0.15) is 0 Å². The van der Waals surface area contributed by atoms with Gasteiger partial charge < -0.3 is 14.7 Å². The zero-order chi connectivity index (χ0) is 20.4. The summed E-state index contributed by atoms with van der Waals surface area (Å²) in [6.45, 7) is 2.59. The zero-order valence-corrected chi connectivity index (χ0v) is 16.8. The molecule has 0 spiro atoms. The van der Waals surface area contributed by atoms with Crippen molar-refractivity contribution in [2.24, 2.45) is 0 Å². The zero-order valence-electron chi connectivity index (χ0n) is 16.0. The monoisotopic (exact) mass is 407 g/mol.